The van der Waals surface area contributed by atoms with Crippen molar-refractivity contribution in [3.63, 3.8) is 0 Å². The molecule has 4 aliphatic rings. The highest BCUT2D eigenvalue weighted by atomic mass is 32.2. The van der Waals surface area contributed by atoms with E-state index in [1.165, 1.54) is 18.2 Å². The van der Waals surface area contributed by atoms with Crippen LogP contribution in [0, 0.1) is 16.7 Å². The minimum absolute atomic E-state index is 0.0720. The standard InChI is InChI=1S/C21H29NO4S/c1-19-8-7-17-16-5-4-15(26-27(24,25)22-2)13-14(16)3-6-18(17)20(19)9-11-21(19,23)12-10-20/h4-5,13,17-18,22-23H,3,6-12H2,1-2H3/t17?,18?,19-,20-,21+/m0/s1. The van der Waals surface area contributed by atoms with E-state index in [0.29, 0.717) is 17.6 Å². The summed E-state index contributed by atoms with van der Waals surface area (Å²) in [5.41, 5.74) is 2.51. The van der Waals surface area contributed by atoms with Gasteiger partial charge in [0.05, 0.1) is 5.60 Å². The number of hydrogen-bond acceptors (Lipinski definition) is 4. The van der Waals surface area contributed by atoms with E-state index in [-0.39, 0.29) is 10.8 Å². The molecule has 0 heterocycles. The van der Waals surface area contributed by atoms with Crippen LogP contribution in [0.5, 0.6) is 5.75 Å². The summed E-state index contributed by atoms with van der Waals surface area (Å²) in [4.78, 5) is 0. The number of hydrogen-bond donors (Lipinski definition) is 2. The Bertz CT molecular complexity index is 887. The van der Waals surface area contributed by atoms with Crippen molar-refractivity contribution in [2.24, 2.45) is 16.7 Å². The monoisotopic (exact) mass is 391 g/mol. The van der Waals surface area contributed by atoms with Crippen molar-refractivity contribution in [1.29, 1.82) is 0 Å². The number of aliphatic hydroxyl groups is 1. The maximum atomic E-state index is 11.7. The van der Waals surface area contributed by atoms with E-state index in [2.05, 4.69) is 17.7 Å². The molecule has 4 aliphatic carbocycles. The fourth-order valence-electron chi connectivity index (χ4n) is 7.51. The molecule has 27 heavy (non-hydrogen) atoms. The second-order valence-corrected chi connectivity index (χ2v) is 10.9. The van der Waals surface area contributed by atoms with Crippen molar-refractivity contribution < 1.29 is 17.7 Å². The second kappa shape index (κ2) is 5.49. The van der Waals surface area contributed by atoms with Gasteiger partial charge in [-0.1, -0.05) is 13.0 Å². The Labute approximate surface area is 161 Å². The molecule has 148 valence electrons. The average Bonchev–Trinajstić information content (AvgIpc) is 3.02. The Morgan fingerprint density at radius 3 is 2.59 bits per heavy atom. The first-order chi connectivity index (χ1) is 12.7. The van der Waals surface area contributed by atoms with Gasteiger partial charge in [-0.15, -0.1) is 0 Å². The first-order valence-corrected chi connectivity index (χ1v) is 11.6. The maximum Gasteiger partial charge on any atom is 0.382 e. The highest BCUT2D eigenvalue weighted by Gasteiger charge is 2.73. The van der Waals surface area contributed by atoms with Gasteiger partial charge >= 0.3 is 10.3 Å². The molecule has 3 atom stereocenters. The van der Waals surface area contributed by atoms with E-state index in [9.17, 15) is 13.5 Å². The normalized spacial score (nSPS) is 42.3. The van der Waals surface area contributed by atoms with Crippen molar-refractivity contribution in [2.75, 3.05) is 7.05 Å². The molecule has 0 amide bonds. The molecule has 2 bridgehead atoms. The van der Waals surface area contributed by atoms with Crippen LogP contribution in [-0.4, -0.2) is 26.2 Å². The predicted octanol–water partition coefficient (Wildman–Crippen LogP) is 3.28. The van der Waals surface area contributed by atoms with Crippen LogP contribution in [0.1, 0.15) is 68.9 Å². The van der Waals surface area contributed by atoms with Crippen LogP contribution in [0.25, 0.3) is 0 Å². The SMILES string of the molecule is CNS(=O)(=O)Oc1ccc2c(c1)CCC1C2CC[C@]2(C)[C@]3(O)CC[C@@]12CC3. The Morgan fingerprint density at radius 1 is 1.15 bits per heavy atom. The average molecular weight is 392 g/mol. The number of benzene rings is 1. The quantitative estimate of drug-likeness (QED) is 0.829. The van der Waals surface area contributed by atoms with Crippen LogP contribution >= 0.6 is 0 Å². The fourth-order valence-corrected chi connectivity index (χ4v) is 7.95. The van der Waals surface area contributed by atoms with Gasteiger partial charge in [0.1, 0.15) is 5.75 Å². The zero-order valence-corrected chi connectivity index (χ0v) is 16.9. The zero-order chi connectivity index (χ0) is 19.1. The fraction of sp³-hybridized carbons (Fsp3) is 0.714. The summed E-state index contributed by atoms with van der Waals surface area (Å²) in [7, 11) is -2.39. The Morgan fingerprint density at radius 2 is 1.89 bits per heavy atom. The molecule has 3 fully saturated rings. The van der Waals surface area contributed by atoms with Gasteiger partial charge in [-0.05, 0) is 91.9 Å². The van der Waals surface area contributed by atoms with Crippen LogP contribution in [0.15, 0.2) is 18.2 Å². The van der Waals surface area contributed by atoms with E-state index in [1.54, 1.807) is 6.07 Å². The summed E-state index contributed by atoms with van der Waals surface area (Å²) in [5.74, 6) is 1.54. The Kier molecular flexibility index (Phi) is 3.65. The lowest BCUT2D eigenvalue weighted by Gasteiger charge is -2.56. The highest BCUT2D eigenvalue weighted by molar-refractivity contribution is 7.85. The van der Waals surface area contributed by atoms with Gasteiger partial charge < -0.3 is 9.29 Å². The molecule has 0 aliphatic heterocycles. The van der Waals surface area contributed by atoms with Crippen molar-refractivity contribution in [3.8, 4) is 5.75 Å². The van der Waals surface area contributed by atoms with Crippen LogP contribution in [0.3, 0.4) is 0 Å². The molecule has 2 N–H and O–H groups in total. The van der Waals surface area contributed by atoms with E-state index < -0.39 is 15.9 Å². The van der Waals surface area contributed by atoms with Crippen molar-refractivity contribution in [2.45, 2.75) is 69.8 Å². The molecule has 6 heteroatoms. The number of fused-ring (bicyclic) bond motifs is 3. The third kappa shape index (κ3) is 2.21. The lowest BCUT2D eigenvalue weighted by Crippen LogP contribution is -2.51. The molecule has 0 spiro atoms. The molecule has 5 rings (SSSR count). The Hall–Kier alpha value is -1.11. The van der Waals surface area contributed by atoms with Crippen molar-refractivity contribution >= 4 is 10.3 Å². The third-order valence-corrected chi connectivity index (χ3v) is 9.85. The number of aryl methyl sites for hydroxylation is 1. The van der Waals surface area contributed by atoms with Gasteiger partial charge in [0.25, 0.3) is 0 Å². The topological polar surface area (TPSA) is 75.6 Å². The summed E-state index contributed by atoms with van der Waals surface area (Å²) < 4.78 is 30.7. The first-order valence-electron chi connectivity index (χ1n) is 10.2. The van der Waals surface area contributed by atoms with Gasteiger partial charge in [0, 0.05) is 12.5 Å². The summed E-state index contributed by atoms with van der Waals surface area (Å²) in [5, 5.41) is 11.3. The molecule has 2 unspecified atom stereocenters. The molecule has 1 aromatic carbocycles. The highest BCUT2D eigenvalue weighted by Crippen LogP contribution is 2.77. The smallest absolute Gasteiger partial charge is 0.382 e. The van der Waals surface area contributed by atoms with E-state index in [1.807, 2.05) is 6.07 Å². The van der Waals surface area contributed by atoms with Crippen LogP contribution < -0.4 is 8.91 Å². The van der Waals surface area contributed by atoms with E-state index >= 15 is 0 Å². The summed E-state index contributed by atoms with van der Waals surface area (Å²) >= 11 is 0. The van der Waals surface area contributed by atoms with Crippen molar-refractivity contribution in [1.82, 2.24) is 4.72 Å². The van der Waals surface area contributed by atoms with Crippen LogP contribution in [-0.2, 0) is 16.7 Å². The minimum atomic E-state index is -3.74. The molecular formula is C21H29NO4S. The minimum Gasteiger partial charge on any atom is -0.389 e. The summed E-state index contributed by atoms with van der Waals surface area (Å²) in [6, 6.07) is 5.79. The Balaban J connectivity index is 1.49. The van der Waals surface area contributed by atoms with Gasteiger partial charge in [-0.25, -0.2) is 0 Å². The molecule has 0 saturated heterocycles. The number of nitrogens with one attached hydrogen (secondary N) is 1. The number of rotatable bonds is 3. The maximum absolute atomic E-state index is 11.7. The second-order valence-electron chi connectivity index (χ2n) is 9.41. The van der Waals surface area contributed by atoms with Gasteiger partial charge in [-0.2, -0.15) is 13.1 Å². The summed E-state index contributed by atoms with van der Waals surface area (Å²) in [6.45, 7) is 2.36. The summed E-state index contributed by atoms with van der Waals surface area (Å²) in [6.07, 6.45) is 8.57. The molecule has 0 radical (unpaired) electrons. The predicted molar refractivity (Wildman–Crippen MR) is 103 cm³/mol. The van der Waals surface area contributed by atoms with Gasteiger partial charge in [-0.3, -0.25) is 0 Å². The molecule has 5 nitrogen and oxygen atoms in total. The van der Waals surface area contributed by atoms with E-state index in [4.69, 9.17) is 4.18 Å². The first kappa shape index (κ1) is 18.0. The molecule has 3 saturated carbocycles. The lowest BCUT2D eigenvalue weighted by atomic mass is 9.48. The molecule has 0 aromatic heterocycles. The van der Waals surface area contributed by atoms with Gasteiger partial charge in [0.2, 0.25) is 0 Å². The molecule has 1 aromatic rings. The zero-order valence-electron chi connectivity index (χ0n) is 16.1. The van der Waals surface area contributed by atoms with E-state index in [0.717, 1.165) is 51.4 Å². The van der Waals surface area contributed by atoms with Crippen molar-refractivity contribution in [3.05, 3.63) is 29.3 Å². The van der Waals surface area contributed by atoms with Crippen LogP contribution in [0.2, 0.25) is 0 Å². The largest absolute Gasteiger partial charge is 0.389 e. The molecular weight excluding hydrogens is 362 g/mol. The van der Waals surface area contributed by atoms with Crippen LogP contribution in [0.4, 0.5) is 0 Å². The third-order valence-electron chi connectivity index (χ3n) is 8.94. The van der Waals surface area contributed by atoms with Gasteiger partial charge in [0.15, 0.2) is 0 Å². The lowest BCUT2D eigenvalue weighted by molar-refractivity contribution is -0.101.